The highest BCUT2D eigenvalue weighted by Crippen LogP contribution is 2.35. The summed E-state index contributed by atoms with van der Waals surface area (Å²) in [5.74, 6) is -0.576. The Morgan fingerprint density at radius 3 is 2.56 bits per heavy atom. The molecule has 41 heavy (non-hydrogen) atoms. The van der Waals surface area contributed by atoms with Gasteiger partial charge in [0.05, 0.1) is 28.5 Å². The van der Waals surface area contributed by atoms with Gasteiger partial charge in [-0.1, -0.05) is 53.8 Å². The quantitative estimate of drug-likeness (QED) is 0.204. The molecule has 11 heteroatoms. The molecule has 0 aliphatic carbocycles. The fraction of sp³-hybridized carbons (Fsp3) is 0.100. The molecule has 0 spiro atoms. The lowest BCUT2D eigenvalue weighted by Gasteiger charge is -2.25. The van der Waals surface area contributed by atoms with E-state index in [1.165, 1.54) is 39.8 Å². The van der Waals surface area contributed by atoms with Crippen molar-refractivity contribution < 1.29 is 18.3 Å². The molecule has 0 unspecified atom stereocenters. The van der Waals surface area contributed by atoms with Crippen LogP contribution < -0.4 is 14.9 Å². The van der Waals surface area contributed by atoms with E-state index in [1.54, 1.807) is 55.7 Å². The number of nitrogens with zero attached hydrogens (tertiary/aromatic N) is 4. The molecule has 8 nitrogen and oxygen atoms in total. The molecule has 0 saturated carbocycles. The fourth-order valence-corrected chi connectivity index (χ4v) is 6.09. The first-order chi connectivity index (χ1) is 20.0. The van der Waals surface area contributed by atoms with Crippen molar-refractivity contribution >= 4 is 40.8 Å². The second kappa shape index (κ2) is 11.5. The van der Waals surface area contributed by atoms with E-state index in [1.807, 2.05) is 30.3 Å². The first-order valence-corrected chi connectivity index (χ1v) is 14.2. The van der Waals surface area contributed by atoms with E-state index in [0.29, 0.717) is 42.2 Å². The van der Waals surface area contributed by atoms with Crippen LogP contribution in [0.2, 0.25) is 0 Å². The summed E-state index contributed by atoms with van der Waals surface area (Å²) in [6.45, 7) is 1.85. The van der Waals surface area contributed by atoms with Crippen molar-refractivity contribution in [3.8, 4) is 0 Å². The molecule has 0 bridgehead atoms. The zero-order valence-electron chi connectivity index (χ0n) is 21.6. The van der Waals surface area contributed by atoms with Crippen LogP contribution in [-0.4, -0.2) is 27.1 Å². The van der Waals surface area contributed by atoms with Gasteiger partial charge in [0, 0.05) is 24.0 Å². The molecule has 0 N–H and O–H groups in total. The number of benzene rings is 2. The van der Waals surface area contributed by atoms with Gasteiger partial charge in [-0.3, -0.25) is 9.36 Å². The monoisotopic (exact) mass is 584 g/mol. The number of ether oxygens (including phenoxy) is 1. The summed E-state index contributed by atoms with van der Waals surface area (Å²) in [6.07, 6.45) is 4.93. The number of halogens is 1. The van der Waals surface area contributed by atoms with Crippen LogP contribution in [-0.2, 0) is 9.53 Å². The molecule has 0 radical (unpaired) electrons. The van der Waals surface area contributed by atoms with E-state index < -0.39 is 17.8 Å². The Bertz CT molecular complexity index is 1930. The van der Waals surface area contributed by atoms with Crippen molar-refractivity contribution in [2.24, 2.45) is 4.99 Å². The largest absolute Gasteiger partial charge is 0.463 e. The van der Waals surface area contributed by atoms with Crippen LogP contribution in [0.25, 0.3) is 11.8 Å². The highest BCUT2D eigenvalue weighted by Gasteiger charge is 2.35. The number of hydrogen-bond donors (Lipinski definition) is 0. The number of furan rings is 1. The maximum Gasteiger partial charge on any atom is 0.338 e. The Hall–Kier alpha value is -4.61. The van der Waals surface area contributed by atoms with Crippen LogP contribution in [0.1, 0.15) is 29.9 Å². The Morgan fingerprint density at radius 2 is 1.83 bits per heavy atom. The zero-order valence-corrected chi connectivity index (χ0v) is 23.2. The molecule has 204 valence electrons. The SMILES string of the molecule is CCOC(=O)C1=C(c2ccccc2)N=c2s/c(=C/c3ccc(Sc4ncccn4)o3)c(=O)n2[C@H]1c1ccc(F)cc1. The lowest BCUT2D eigenvalue weighted by Crippen LogP contribution is -2.40. The zero-order chi connectivity index (χ0) is 28.3. The van der Waals surface area contributed by atoms with E-state index in [0.717, 1.165) is 0 Å². The predicted octanol–water partition coefficient (Wildman–Crippen LogP) is 4.61. The summed E-state index contributed by atoms with van der Waals surface area (Å²) in [5, 5.41) is 1.10. The lowest BCUT2D eigenvalue weighted by molar-refractivity contribution is -0.138. The molecule has 0 amide bonds. The topological polar surface area (TPSA) is 99.6 Å². The summed E-state index contributed by atoms with van der Waals surface area (Å²) >= 11 is 2.43. The molecule has 4 heterocycles. The van der Waals surface area contributed by atoms with Gasteiger partial charge in [0.15, 0.2) is 15.1 Å². The summed E-state index contributed by atoms with van der Waals surface area (Å²) in [5.41, 5.74) is 1.46. The summed E-state index contributed by atoms with van der Waals surface area (Å²) in [7, 11) is 0. The molecule has 1 atom stereocenters. The van der Waals surface area contributed by atoms with Crippen LogP contribution in [0.5, 0.6) is 0 Å². The second-order valence-corrected chi connectivity index (χ2v) is 10.8. The molecular weight excluding hydrogens is 563 g/mol. The van der Waals surface area contributed by atoms with Crippen molar-refractivity contribution in [1.82, 2.24) is 14.5 Å². The van der Waals surface area contributed by atoms with Gasteiger partial charge in [-0.05, 0) is 54.6 Å². The van der Waals surface area contributed by atoms with Crippen molar-refractivity contribution in [3.05, 3.63) is 133 Å². The van der Waals surface area contributed by atoms with E-state index >= 15 is 0 Å². The minimum absolute atomic E-state index is 0.137. The fourth-order valence-electron chi connectivity index (χ4n) is 4.42. The molecule has 2 aromatic carbocycles. The molecule has 1 aliphatic heterocycles. The highest BCUT2D eigenvalue weighted by atomic mass is 32.2. The lowest BCUT2D eigenvalue weighted by atomic mass is 9.93. The number of thiazole rings is 1. The third-order valence-electron chi connectivity index (χ3n) is 6.17. The third-order valence-corrected chi connectivity index (χ3v) is 7.97. The molecule has 1 aliphatic rings. The summed E-state index contributed by atoms with van der Waals surface area (Å²) in [4.78, 5) is 40.9. The molecular formula is C30H21FN4O4S2. The van der Waals surface area contributed by atoms with Crippen LogP contribution >= 0.6 is 23.1 Å². The maximum atomic E-state index is 13.9. The number of carbonyl (C=O) groups excluding carboxylic acids is 1. The van der Waals surface area contributed by atoms with Gasteiger partial charge in [-0.25, -0.2) is 24.1 Å². The third kappa shape index (κ3) is 5.41. The number of esters is 1. The molecule has 3 aromatic heterocycles. The number of rotatable bonds is 7. The minimum Gasteiger partial charge on any atom is -0.463 e. The van der Waals surface area contributed by atoms with Crippen molar-refractivity contribution in [2.45, 2.75) is 23.2 Å². The second-order valence-electron chi connectivity index (χ2n) is 8.77. The summed E-state index contributed by atoms with van der Waals surface area (Å²) < 4.78 is 27.1. The van der Waals surface area contributed by atoms with Crippen LogP contribution in [0.15, 0.2) is 115 Å². The van der Waals surface area contributed by atoms with E-state index in [-0.39, 0.29) is 17.7 Å². The van der Waals surface area contributed by atoms with Crippen LogP contribution in [0.3, 0.4) is 0 Å². The number of hydrogen-bond acceptors (Lipinski definition) is 9. The van der Waals surface area contributed by atoms with Crippen LogP contribution in [0, 0.1) is 5.82 Å². The van der Waals surface area contributed by atoms with Crippen molar-refractivity contribution in [3.63, 3.8) is 0 Å². The van der Waals surface area contributed by atoms with E-state index in [9.17, 15) is 14.0 Å². The van der Waals surface area contributed by atoms with E-state index in [4.69, 9.17) is 14.1 Å². The van der Waals surface area contributed by atoms with Crippen LogP contribution in [0.4, 0.5) is 4.39 Å². The Morgan fingerprint density at radius 1 is 1.07 bits per heavy atom. The van der Waals surface area contributed by atoms with Gasteiger partial charge in [-0.2, -0.15) is 0 Å². The smallest absolute Gasteiger partial charge is 0.338 e. The first kappa shape index (κ1) is 26.6. The van der Waals surface area contributed by atoms with Crippen molar-refractivity contribution in [2.75, 3.05) is 6.61 Å². The van der Waals surface area contributed by atoms with Crippen molar-refractivity contribution in [1.29, 1.82) is 0 Å². The first-order valence-electron chi connectivity index (χ1n) is 12.6. The standard InChI is InChI=1S/C30H21FN4O4S2/c1-2-38-28(37)24-25(18-7-4-3-5-8-18)34-30-35(26(24)19-9-11-20(31)12-10-19)27(36)22(40-30)17-21-13-14-23(39-21)41-29-32-15-6-16-33-29/h3-17,26H,2H2,1H3/b22-17+/t26-/m0/s1. The van der Waals surface area contributed by atoms with Gasteiger partial charge in [0.25, 0.3) is 5.56 Å². The van der Waals surface area contributed by atoms with Gasteiger partial charge >= 0.3 is 5.97 Å². The van der Waals surface area contributed by atoms with Gasteiger partial charge in [-0.15, -0.1) is 0 Å². The Balaban J connectivity index is 1.52. The average Bonchev–Trinajstić information content (AvgIpc) is 3.56. The normalized spacial score (nSPS) is 15.0. The molecule has 0 fully saturated rings. The van der Waals surface area contributed by atoms with Gasteiger partial charge in [0.1, 0.15) is 11.6 Å². The number of aromatic nitrogens is 3. The van der Waals surface area contributed by atoms with Gasteiger partial charge < -0.3 is 9.15 Å². The number of fused-ring (bicyclic) bond motifs is 1. The molecule has 0 saturated heterocycles. The highest BCUT2D eigenvalue weighted by molar-refractivity contribution is 7.99. The predicted molar refractivity (Wildman–Crippen MR) is 152 cm³/mol. The van der Waals surface area contributed by atoms with E-state index in [2.05, 4.69) is 9.97 Å². The minimum atomic E-state index is -0.888. The average molecular weight is 585 g/mol. The summed E-state index contributed by atoms with van der Waals surface area (Å²) in [6, 6.07) is 19.3. The van der Waals surface area contributed by atoms with Gasteiger partial charge in [0.2, 0.25) is 0 Å². The number of carbonyl (C=O) groups is 1. The molecule has 6 rings (SSSR count). The maximum absolute atomic E-state index is 13.9. The Labute approximate surface area is 241 Å². The molecule has 5 aromatic rings. The Kier molecular flexibility index (Phi) is 7.45.